The number of rotatable bonds is 3. The number of carbonyl (C=O) groups excluding carboxylic acids is 1. The molecule has 1 fully saturated rings. The van der Waals surface area contributed by atoms with Gasteiger partial charge in [-0.25, -0.2) is 15.0 Å². The number of nitrogens with zero attached hydrogens (tertiary/aromatic N) is 6. The molecule has 7 nitrogen and oxygen atoms in total. The van der Waals surface area contributed by atoms with Crippen LogP contribution in [-0.2, 0) is 7.05 Å². The maximum absolute atomic E-state index is 12.8. The predicted molar refractivity (Wildman–Crippen MR) is 121 cm³/mol. The first-order chi connectivity index (χ1) is 15.1. The van der Waals surface area contributed by atoms with Crippen molar-refractivity contribution >= 4 is 34.2 Å². The molecule has 31 heavy (non-hydrogen) atoms. The van der Waals surface area contributed by atoms with Gasteiger partial charge in [0.15, 0.2) is 11.6 Å². The molecule has 0 saturated carbocycles. The molecule has 0 bridgehead atoms. The molecule has 0 N–H and O–H groups in total. The van der Waals surface area contributed by atoms with Crippen molar-refractivity contribution in [2.45, 2.75) is 0 Å². The molecule has 1 amide bonds. The van der Waals surface area contributed by atoms with E-state index in [0.717, 1.165) is 22.3 Å². The van der Waals surface area contributed by atoms with Crippen LogP contribution in [0.1, 0.15) is 10.6 Å². The van der Waals surface area contributed by atoms with Crippen LogP contribution in [0.4, 0.5) is 5.82 Å². The molecule has 0 radical (unpaired) electrons. The highest BCUT2D eigenvalue weighted by atomic mass is 35.5. The van der Waals surface area contributed by atoms with Crippen molar-refractivity contribution in [2.24, 2.45) is 7.05 Å². The Morgan fingerprint density at radius 2 is 1.71 bits per heavy atom. The smallest absolute Gasteiger partial charge is 0.289 e. The standard InChI is InChI=1S/C23H21ClN6O/c1-28-11-10-25-22(28)23(31)30-14-12-29(13-15-30)21-17-7-3-5-9-19(17)26-20(27-21)16-6-2-4-8-18(16)24/h2-11H,12-15H2,1H3. The molecule has 3 heterocycles. The third-order valence-corrected chi connectivity index (χ3v) is 5.91. The highest BCUT2D eigenvalue weighted by Gasteiger charge is 2.26. The second kappa shape index (κ2) is 8.00. The van der Waals surface area contributed by atoms with Crippen LogP contribution >= 0.6 is 11.6 Å². The zero-order valence-electron chi connectivity index (χ0n) is 17.1. The minimum atomic E-state index is -0.0450. The highest BCUT2D eigenvalue weighted by Crippen LogP contribution is 2.31. The van der Waals surface area contributed by atoms with Gasteiger partial charge in [-0.3, -0.25) is 4.79 Å². The second-order valence-corrected chi connectivity index (χ2v) is 7.92. The number of imidazole rings is 1. The molecule has 1 saturated heterocycles. The lowest BCUT2D eigenvalue weighted by atomic mass is 10.1. The van der Waals surface area contributed by atoms with E-state index in [1.807, 2.05) is 60.5 Å². The summed E-state index contributed by atoms with van der Waals surface area (Å²) >= 11 is 6.42. The lowest BCUT2D eigenvalue weighted by molar-refractivity contribution is 0.0730. The van der Waals surface area contributed by atoms with Crippen LogP contribution in [0.2, 0.25) is 5.02 Å². The van der Waals surface area contributed by atoms with E-state index in [9.17, 15) is 4.79 Å². The van der Waals surface area contributed by atoms with Gasteiger partial charge in [-0.1, -0.05) is 35.9 Å². The van der Waals surface area contributed by atoms with E-state index in [4.69, 9.17) is 21.6 Å². The first kappa shape index (κ1) is 19.5. The minimum absolute atomic E-state index is 0.0450. The summed E-state index contributed by atoms with van der Waals surface area (Å²) in [6, 6.07) is 15.6. The Balaban J connectivity index is 1.46. The first-order valence-corrected chi connectivity index (χ1v) is 10.5. The third-order valence-electron chi connectivity index (χ3n) is 5.58. The Morgan fingerprint density at radius 3 is 2.45 bits per heavy atom. The summed E-state index contributed by atoms with van der Waals surface area (Å²) in [6.07, 6.45) is 3.43. The first-order valence-electron chi connectivity index (χ1n) is 10.1. The minimum Gasteiger partial charge on any atom is -0.352 e. The van der Waals surface area contributed by atoms with Crippen LogP contribution in [0.5, 0.6) is 0 Å². The normalized spacial score (nSPS) is 14.3. The fourth-order valence-corrected chi connectivity index (χ4v) is 4.12. The summed E-state index contributed by atoms with van der Waals surface area (Å²) in [5.74, 6) is 1.88. The van der Waals surface area contributed by atoms with E-state index in [-0.39, 0.29) is 5.91 Å². The second-order valence-electron chi connectivity index (χ2n) is 7.51. The molecule has 1 aliphatic heterocycles. The summed E-state index contributed by atoms with van der Waals surface area (Å²) in [4.78, 5) is 30.7. The van der Waals surface area contributed by atoms with Gasteiger partial charge in [-0.05, 0) is 24.3 Å². The Hall–Kier alpha value is -3.45. The molecule has 0 unspecified atom stereocenters. The summed E-state index contributed by atoms with van der Waals surface area (Å²) < 4.78 is 1.75. The number of piperazine rings is 1. The van der Waals surface area contributed by atoms with Gasteiger partial charge in [0.2, 0.25) is 0 Å². The molecule has 2 aromatic heterocycles. The van der Waals surface area contributed by atoms with E-state index >= 15 is 0 Å². The number of amides is 1. The van der Waals surface area contributed by atoms with Gasteiger partial charge in [-0.2, -0.15) is 0 Å². The van der Waals surface area contributed by atoms with Crippen molar-refractivity contribution in [3.63, 3.8) is 0 Å². The van der Waals surface area contributed by atoms with Crippen LogP contribution < -0.4 is 4.90 Å². The molecule has 1 aliphatic rings. The molecule has 0 atom stereocenters. The summed E-state index contributed by atoms with van der Waals surface area (Å²) in [7, 11) is 1.83. The summed E-state index contributed by atoms with van der Waals surface area (Å²) in [6.45, 7) is 2.56. The van der Waals surface area contributed by atoms with Crippen molar-refractivity contribution in [2.75, 3.05) is 31.1 Å². The number of aromatic nitrogens is 4. The van der Waals surface area contributed by atoms with Gasteiger partial charge in [0.05, 0.1) is 10.5 Å². The van der Waals surface area contributed by atoms with Crippen LogP contribution in [0.3, 0.4) is 0 Å². The zero-order valence-corrected chi connectivity index (χ0v) is 17.8. The van der Waals surface area contributed by atoms with Gasteiger partial charge in [0.25, 0.3) is 5.91 Å². The molecule has 4 aromatic rings. The number of anilines is 1. The number of halogens is 1. The third kappa shape index (κ3) is 3.61. The monoisotopic (exact) mass is 432 g/mol. The summed E-state index contributed by atoms with van der Waals surface area (Å²) in [5, 5.41) is 1.61. The number of hydrogen-bond acceptors (Lipinski definition) is 5. The number of hydrogen-bond donors (Lipinski definition) is 0. The van der Waals surface area contributed by atoms with Crippen molar-refractivity contribution in [3.05, 3.63) is 71.8 Å². The molecule has 8 heteroatoms. The van der Waals surface area contributed by atoms with E-state index in [1.54, 1.807) is 17.0 Å². The molecular weight excluding hydrogens is 412 g/mol. The number of carbonyl (C=O) groups is 1. The lowest BCUT2D eigenvalue weighted by Crippen LogP contribution is -2.49. The van der Waals surface area contributed by atoms with Crippen molar-refractivity contribution in [3.8, 4) is 11.4 Å². The maximum Gasteiger partial charge on any atom is 0.289 e. The Labute approximate surface area is 184 Å². The maximum atomic E-state index is 12.8. The van der Waals surface area contributed by atoms with Gasteiger partial charge in [-0.15, -0.1) is 0 Å². The molecule has 5 rings (SSSR count). The average molecular weight is 433 g/mol. The van der Waals surface area contributed by atoms with Crippen molar-refractivity contribution in [1.29, 1.82) is 0 Å². The number of benzene rings is 2. The van der Waals surface area contributed by atoms with E-state index in [1.165, 1.54) is 0 Å². The number of para-hydroxylation sites is 1. The largest absolute Gasteiger partial charge is 0.352 e. The molecular formula is C23H21ClN6O. The topological polar surface area (TPSA) is 67.2 Å². The zero-order chi connectivity index (χ0) is 21.4. The fraction of sp³-hybridized carbons (Fsp3) is 0.217. The van der Waals surface area contributed by atoms with Crippen LogP contribution in [0.25, 0.3) is 22.3 Å². The van der Waals surface area contributed by atoms with Crippen molar-refractivity contribution < 1.29 is 4.79 Å². The van der Waals surface area contributed by atoms with Gasteiger partial charge >= 0.3 is 0 Å². The van der Waals surface area contributed by atoms with Crippen LogP contribution in [0, 0.1) is 0 Å². The Bertz CT molecular complexity index is 1260. The predicted octanol–water partition coefficient (Wildman–Crippen LogP) is 3.65. The quantitative estimate of drug-likeness (QED) is 0.494. The average Bonchev–Trinajstić information content (AvgIpc) is 3.24. The van der Waals surface area contributed by atoms with E-state index in [0.29, 0.717) is 42.9 Å². The van der Waals surface area contributed by atoms with Crippen LogP contribution in [0.15, 0.2) is 60.9 Å². The van der Waals surface area contributed by atoms with E-state index in [2.05, 4.69) is 9.88 Å². The lowest BCUT2D eigenvalue weighted by Gasteiger charge is -2.35. The summed E-state index contributed by atoms with van der Waals surface area (Å²) in [5.41, 5.74) is 1.67. The molecule has 0 spiro atoms. The van der Waals surface area contributed by atoms with Gasteiger partial charge in [0, 0.05) is 56.6 Å². The number of aryl methyl sites for hydroxylation is 1. The highest BCUT2D eigenvalue weighted by molar-refractivity contribution is 6.33. The van der Waals surface area contributed by atoms with Crippen molar-refractivity contribution in [1.82, 2.24) is 24.4 Å². The fourth-order valence-electron chi connectivity index (χ4n) is 3.90. The molecule has 2 aromatic carbocycles. The molecule has 0 aliphatic carbocycles. The van der Waals surface area contributed by atoms with E-state index < -0.39 is 0 Å². The Kier molecular flexibility index (Phi) is 5.03. The van der Waals surface area contributed by atoms with Gasteiger partial charge in [0.1, 0.15) is 5.82 Å². The number of fused-ring (bicyclic) bond motifs is 1. The van der Waals surface area contributed by atoms with Crippen LogP contribution in [-0.4, -0.2) is 56.5 Å². The SMILES string of the molecule is Cn1ccnc1C(=O)N1CCN(c2nc(-c3ccccc3Cl)nc3ccccc23)CC1. The Morgan fingerprint density at radius 1 is 0.968 bits per heavy atom. The molecule has 156 valence electrons. The van der Waals surface area contributed by atoms with Gasteiger partial charge < -0.3 is 14.4 Å².